The minimum atomic E-state index is -4.80. The maximum atomic E-state index is 12.7. The Bertz CT molecular complexity index is 730. The van der Waals surface area contributed by atoms with Crippen LogP contribution in [0.25, 0.3) is 0 Å². The molecule has 1 rings (SSSR count). The Hall–Kier alpha value is -1.56. The molecule has 0 saturated heterocycles. The molecule has 0 spiro atoms. The molecular weight excluding hydrogens is 339 g/mol. The number of nitrogens with one attached hydrogen (secondary N) is 1. The standard InChI is InChI=1S/C11H15FN2O6S2/c12-22(19,20)9-3-1-8(2-4-9)7-14-21(17,18)6-5-10(13)11(15)16/h1-4,10,14H,5-7,13H2,(H,15,16)/t10-/m1/s1. The molecule has 0 aromatic heterocycles. The molecule has 0 fully saturated rings. The fourth-order valence-electron chi connectivity index (χ4n) is 1.44. The van der Waals surface area contributed by atoms with Crippen molar-refractivity contribution in [3.05, 3.63) is 29.8 Å². The van der Waals surface area contributed by atoms with Gasteiger partial charge in [-0.25, -0.2) is 13.1 Å². The van der Waals surface area contributed by atoms with Gasteiger partial charge >= 0.3 is 16.2 Å². The molecule has 4 N–H and O–H groups in total. The monoisotopic (exact) mass is 354 g/mol. The number of nitrogens with two attached hydrogens (primary N) is 1. The van der Waals surface area contributed by atoms with Crippen LogP contribution in [0.4, 0.5) is 3.89 Å². The van der Waals surface area contributed by atoms with E-state index in [0.717, 1.165) is 12.1 Å². The number of sulfonamides is 1. The third-order valence-electron chi connectivity index (χ3n) is 2.72. The Morgan fingerprint density at radius 2 is 1.77 bits per heavy atom. The van der Waals surface area contributed by atoms with E-state index in [0.29, 0.717) is 5.56 Å². The van der Waals surface area contributed by atoms with Gasteiger partial charge < -0.3 is 10.8 Å². The Morgan fingerprint density at radius 3 is 2.23 bits per heavy atom. The van der Waals surface area contributed by atoms with Gasteiger partial charge in [0.2, 0.25) is 10.0 Å². The highest BCUT2D eigenvalue weighted by Crippen LogP contribution is 2.13. The number of hydrogen-bond acceptors (Lipinski definition) is 6. The average Bonchev–Trinajstić information content (AvgIpc) is 2.42. The number of halogens is 1. The van der Waals surface area contributed by atoms with Gasteiger partial charge in [-0.15, -0.1) is 3.89 Å². The highest BCUT2D eigenvalue weighted by atomic mass is 32.3. The molecular formula is C11H15FN2O6S2. The molecule has 0 aliphatic carbocycles. The summed E-state index contributed by atoms with van der Waals surface area (Å²) in [5.41, 5.74) is 5.62. The summed E-state index contributed by atoms with van der Waals surface area (Å²) < 4.78 is 59.4. The Morgan fingerprint density at radius 1 is 1.23 bits per heavy atom. The second-order valence-electron chi connectivity index (χ2n) is 4.46. The molecule has 22 heavy (non-hydrogen) atoms. The van der Waals surface area contributed by atoms with Crippen LogP contribution in [-0.2, 0) is 31.6 Å². The summed E-state index contributed by atoms with van der Waals surface area (Å²) in [4.78, 5) is 9.97. The van der Waals surface area contributed by atoms with Gasteiger partial charge in [0.1, 0.15) is 6.04 Å². The Kier molecular flexibility index (Phi) is 6.00. The van der Waals surface area contributed by atoms with E-state index in [2.05, 4.69) is 4.72 Å². The van der Waals surface area contributed by atoms with Gasteiger partial charge in [0.25, 0.3) is 0 Å². The molecule has 0 saturated carbocycles. The number of carboxylic acids is 1. The molecule has 0 unspecified atom stereocenters. The molecule has 0 aliphatic heterocycles. The zero-order valence-corrected chi connectivity index (χ0v) is 12.9. The van der Waals surface area contributed by atoms with E-state index in [-0.39, 0.29) is 13.0 Å². The first-order valence-corrected chi connectivity index (χ1v) is 9.04. The Labute approximate surface area is 127 Å². The molecule has 0 aliphatic rings. The van der Waals surface area contributed by atoms with Crippen LogP contribution in [0.2, 0.25) is 0 Å². The molecule has 1 aromatic rings. The lowest BCUT2D eigenvalue weighted by Crippen LogP contribution is -2.35. The van der Waals surface area contributed by atoms with Gasteiger partial charge in [-0.05, 0) is 24.1 Å². The van der Waals surface area contributed by atoms with Crippen LogP contribution in [0.5, 0.6) is 0 Å². The van der Waals surface area contributed by atoms with Crippen molar-refractivity contribution < 1.29 is 30.6 Å². The number of carboxylic acid groups (broad SMARTS) is 1. The second-order valence-corrected chi connectivity index (χ2v) is 7.73. The first kappa shape index (κ1) is 18.5. The Balaban J connectivity index is 2.60. The summed E-state index contributed by atoms with van der Waals surface area (Å²) in [7, 11) is -8.53. The predicted octanol–water partition coefficient (Wildman–Crippen LogP) is -0.434. The highest BCUT2D eigenvalue weighted by Gasteiger charge is 2.17. The summed E-state index contributed by atoms with van der Waals surface area (Å²) in [6.07, 6.45) is -0.246. The molecule has 0 heterocycles. The lowest BCUT2D eigenvalue weighted by atomic mass is 10.2. The summed E-state index contributed by atoms with van der Waals surface area (Å²) in [5.74, 6) is -1.75. The lowest BCUT2D eigenvalue weighted by Gasteiger charge is -2.09. The minimum absolute atomic E-state index is 0.142. The van der Waals surface area contributed by atoms with Crippen molar-refractivity contribution in [3.63, 3.8) is 0 Å². The van der Waals surface area contributed by atoms with E-state index in [1.54, 1.807) is 0 Å². The van der Waals surface area contributed by atoms with Gasteiger partial charge in [-0.2, -0.15) is 8.42 Å². The number of rotatable bonds is 8. The molecule has 1 atom stereocenters. The van der Waals surface area contributed by atoms with Crippen molar-refractivity contribution in [2.24, 2.45) is 5.73 Å². The van der Waals surface area contributed by atoms with Gasteiger partial charge in [0.05, 0.1) is 10.6 Å². The van der Waals surface area contributed by atoms with Crippen LogP contribution in [0, 0.1) is 0 Å². The third-order valence-corrected chi connectivity index (χ3v) is 4.91. The summed E-state index contributed by atoms with van der Waals surface area (Å²) in [6, 6.07) is 3.28. The van der Waals surface area contributed by atoms with Crippen LogP contribution in [0.15, 0.2) is 29.2 Å². The first-order chi connectivity index (χ1) is 10.0. The normalized spacial score (nSPS) is 13.7. The van der Waals surface area contributed by atoms with Gasteiger partial charge in [-0.3, -0.25) is 4.79 Å². The maximum Gasteiger partial charge on any atom is 0.332 e. The van der Waals surface area contributed by atoms with Crippen LogP contribution >= 0.6 is 0 Å². The first-order valence-electron chi connectivity index (χ1n) is 6.00. The third kappa shape index (κ3) is 6.05. The number of benzene rings is 1. The molecule has 0 amide bonds. The van der Waals surface area contributed by atoms with E-state index in [1.807, 2.05) is 0 Å². The van der Waals surface area contributed by atoms with E-state index in [9.17, 15) is 25.5 Å². The molecule has 1 aromatic carbocycles. The lowest BCUT2D eigenvalue weighted by molar-refractivity contribution is -0.138. The zero-order chi connectivity index (χ0) is 17.0. The van der Waals surface area contributed by atoms with E-state index in [1.165, 1.54) is 12.1 Å². The predicted molar refractivity (Wildman–Crippen MR) is 75.6 cm³/mol. The summed E-state index contributed by atoms with van der Waals surface area (Å²) in [5, 5.41) is 8.56. The van der Waals surface area contributed by atoms with Crippen molar-refractivity contribution in [2.45, 2.75) is 23.9 Å². The van der Waals surface area contributed by atoms with E-state index >= 15 is 0 Å². The van der Waals surface area contributed by atoms with Crippen molar-refractivity contribution in [3.8, 4) is 0 Å². The van der Waals surface area contributed by atoms with Crippen LogP contribution in [0.1, 0.15) is 12.0 Å². The molecule has 8 nitrogen and oxygen atoms in total. The quantitative estimate of drug-likeness (QED) is 0.537. The highest BCUT2D eigenvalue weighted by molar-refractivity contribution is 7.89. The zero-order valence-electron chi connectivity index (χ0n) is 11.3. The van der Waals surface area contributed by atoms with Crippen molar-refractivity contribution >= 4 is 26.2 Å². The summed E-state index contributed by atoms with van der Waals surface area (Å²) in [6.45, 7) is -0.142. The molecule has 0 bridgehead atoms. The average molecular weight is 354 g/mol. The maximum absolute atomic E-state index is 12.7. The van der Waals surface area contributed by atoms with Crippen LogP contribution < -0.4 is 10.5 Å². The second kappa shape index (κ2) is 7.13. The van der Waals surface area contributed by atoms with Gasteiger partial charge in [-0.1, -0.05) is 12.1 Å². The summed E-state index contributed by atoms with van der Waals surface area (Å²) >= 11 is 0. The van der Waals surface area contributed by atoms with Crippen molar-refractivity contribution in [1.29, 1.82) is 0 Å². The van der Waals surface area contributed by atoms with Gasteiger partial charge in [0.15, 0.2) is 0 Å². The minimum Gasteiger partial charge on any atom is -0.480 e. The smallest absolute Gasteiger partial charge is 0.332 e. The van der Waals surface area contributed by atoms with E-state index in [4.69, 9.17) is 10.8 Å². The topological polar surface area (TPSA) is 144 Å². The van der Waals surface area contributed by atoms with Crippen molar-refractivity contribution in [2.75, 3.05) is 5.75 Å². The number of hydrogen-bond donors (Lipinski definition) is 3. The van der Waals surface area contributed by atoms with Gasteiger partial charge in [0, 0.05) is 6.54 Å². The number of aliphatic carboxylic acids is 1. The molecule has 0 radical (unpaired) electrons. The van der Waals surface area contributed by atoms with Crippen LogP contribution in [0.3, 0.4) is 0 Å². The fraction of sp³-hybridized carbons (Fsp3) is 0.364. The molecule has 11 heteroatoms. The largest absolute Gasteiger partial charge is 0.480 e. The SMILES string of the molecule is N[C@H](CCS(=O)(=O)NCc1ccc(S(=O)(=O)F)cc1)C(=O)O. The van der Waals surface area contributed by atoms with Crippen molar-refractivity contribution in [1.82, 2.24) is 4.72 Å². The van der Waals surface area contributed by atoms with Crippen LogP contribution in [-0.4, -0.2) is 39.7 Å². The molecule has 124 valence electrons. The number of carbonyl (C=O) groups is 1. The van der Waals surface area contributed by atoms with E-state index < -0.39 is 42.9 Å². The fourth-order valence-corrected chi connectivity index (χ4v) is 3.00.